The van der Waals surface area contributed by atoms with E-state index in [4.69, 9.17) is 16.3 Å². The first kappa shape index (κ1) is 15.5. The molecule has 2 aromatic carbocycles. The van der Waals surface area contributed by atoms with Crippen molar-refractivity contribution in [2.24, 2.45) is 9.63 Å². The first-order valence-electron chi connectivity index (χ1n) is 6.00. The lowest BCUT2D eigenvalue weighted by Gasteiger charge is -2.03. The van der Waals surface area contributed by atoms with E-state index >= 15 is 0 Å². The normalized spacial score (nSPS) is 11.8. The lowest BCUT2D eigenvalue weighted by molar-refractivity contribution is 0.416. The van der Waals surface area contributed by atoms with Crippen LogP contribution in [0.15, 0.2) is 57.0 Å². The van der Waals surface area contributed by atoms with Crippen LogP contribution in [0.25, 0.3) is 0 Å². The minimum absolute atomic E-state index is 0.0813. The highest BCUT2D eigenvalue weighted by molar-refractivity contribution is 7.90. The van der Waals surface area contributed by atoms with Crippen LogP contribution >= 0.6 is 11.6 Å². The molecule has 2 rings (SSSR count). The molecule has 21 heavy (non-hydrogen) atoms. The average Bonchev–Trinajstić information content (AvgIpc) is 2.46. The van der Waals surface area contributed by atoms with E-state index in [9.17, 15) is 8.42 Å². The highest BCUT2D eigenvalue weighted by Gasteiger charge is 2.13. The molecule has 110 valence electrons. The topological polar surface area (TPSA) is 68.1 Å². The van der Waals surface area contributed by atoms with Crippen LogP contribution in [0.3, 0.4) is 0 Å². The molecule has 0 radical (unpaired) electrons. The fourth-order valence-corrected chi connectivity index (χ4v) is 2.53. The Kier molecular flexibility index (Phi) is 4.59. The average molecular weight is 325 g/mol. The van der Waals surface area contributed by atoms with Crippen molar-refractivity contribution in [3.63, 3.8) is 0 Å². The maximum Gasteiger partial charge on any atom is 0.299 e. The first-order valence-corrected chi connectivity index (χ1v) is 7.82. The van der Waals surface area contributed by atoms with Crippen molar-refractivity contribution in [3.8, 4) is 5.75 Å². The van der Waals surface area contributed by atoms with Crippen molar-refractivity contribution in [2.45, 2.75) is 11.8 Å². The van der Waals surface area contributed by atoms with Crippen molar-refractivity contribution in [3.05, 3.63) is 53.1 Å². The van der Waals surface area contributed by atoms with Crippen LogP contribution in [0.1, 0.15) is 5.56 Å². The molecule has 0 fully saturated rings. The number of methoxy groups -OCH3 is 1. The number of ether oxygens (including phenoxy) is 1. The lowest BCUT2D eigenvalue weighted by Crippen LogP contribution is -1.95. The summed E-state index contributed by atoms with van der Waals surface area (Å²) < 4.78 is 32.6. The summed E-state index contributed by atoms with van der Waals surface area (Å²) in [6, 6.07) is 11.1. The van der Waals surface area contributed by atoms with Crippen LogP contribution in [-0.2, 0) is 10.0 Å². The zero-order valence-corrected chi connectivity index (χ0v) is 13.0. The SMILES string of the molecule is COc1ccc(Cl)cc1N=NS(=O)(=O)c1ccc(C)cc1. The maximum absolute atomic E-state index is 12.1. The Balaban J connectivity index is 2.36. The summed E-state index contributed by atoms with van der Waals surface area (Å²) in [6.45, 7) is 1.87. The van der Waals surface area contributed by atoms with Gasteiger partial charge in [-0.05, 0) is 37.3 Å². The molecule has 0 aliphatic heterocycles. The number of hydrogen-bond acceptors (Lipinski definition) is 4. The number of benzene rings is 2. The summed E-state index contributed by atoms with van der Waals surface area (Å²) in [5.74, 6) is 0.391. The van der Waals surface area contributed by atoms with Gasteiger partial charge in [0.25, 0.3) is 10.0 Å². The molecule has 0 spiro atoms. The quantitative estimate of drug-likeness (QED) is 0.794. The van der Waals surface area contributed by atoms with Gasteiger partial charge in [-0.3, -0.25) is 0 Å². The fraction of sp³-hybridized carbons (Fsp3) is 0.143. The predicted molar refractivity (Wildman–Crippen MR) is 80.9 cm³/mol. The predicted octanol–water partition coefficient (Wildman–Crippen LogP) is 4.13. The van der Waals surface area contributed by atoms with E-state index < -0.39 is 10.0 Å². The van der Waals surface area contributed by atoms with Gasteiger partial charge in [-0.25, -0.2) is 0 Å². The van der Waals surface area contributed by atoms with Crippen LogP contribution in [0, 0.1) is 6.92 Å². The van der Waals surface area contributed by atoms with Crippen molar-refractivity contribution in [1.82, 2.24) is 0 Å². The zero-order valence-electron chi connectivity index (χ0n) is 11.4. The second kappa shape index (κ2) is 6.24. The number of hydrogen-bond donors (Lipinski definition) is 0. The van der Waals surface area contributed by atoms with Crippen molar-refractivity contribution in [2.75, 3.05) is 7.11 Å². The minimum Gasteiger partial charge on any atom is -0.494 e. The van der Waals surface area contributed by atoms with Gasteiger partial charge in [0.15, 0.2) is 0 Å². The van der Waals surface area contributed by atoms with E-state index in [1.807, 2.05) is 6.92 Å². The van der Waals surface area contributed by atoms with Crippen LogP contribution in [-0.4, -0.2) is 15.5 Å². The number of rotatable bonds is 4. The molecule has 5 nitrogen and oxygen atoms in total. The van der Waals surface area contributed by atoms with Crippen molar-refractivity contribution < 1.29 is 13.2 Å². The third-order valence-corrected chi connectivity index (χ3v) is 4.12. The van der Waals surface area contributed by atoms with Crippen LogP contribution in [0.5, 0.6) is 5.75 Å². The number of nitrogens with zero attached hydrogens (tertiary/aromatic N) is 2. The van der Waals surface area contributed by atoms with Gasteiger partial charge >= 0.3 is 0 Å². The smallest absolute Gasteiger partial charge is 0.299 e. The van der Waals surface area contributed by atoms with Crippen LogP contribution in [0.2, 0.25) is 5.02 Å². The molecule has 2 aromatic rings. The molecular formula is C14H13ClN2O3S. The molecular weight excluding hydrogens is 312 g/mol. The standard InChI is InChI=1S/C14H13ClN2O3S/c1-10-3-6-12(7-4-10)21(18,19)17-16-13-9-11(15)5-8-14(13)20-2/h3-9H,1-2H3. The van der Waals surface area contributed by atoms with E-state index in [1.54, 1.807) is 24.3 Å². The zero-order chi connectivity index (χ0) is 15.5. The van der Waals surface area contributed by atoms with E-state index in [0.717, 1.165) is 5.56 Å². The molecule has 0 saturated carbocycles. The molecule has 0 aliphatic carbocycles. The number of sulfonamides is 1. The monoisotopic (exact) mass is 324 g/mol. The molecule has 0 amide bonds. The van der Waals surface area contributed by atoms with Crippen LogP contribution in [0.4, 0.5) is 5.69 Å². The Hall–Kier alpha value is -1.92. The van der Waals surface area contributed by atoms with Crippen molar-refractivity contribution >= 4 is 27.3 Å². The molecule has 7 heteroatoms. The summed E-state index contributed by atoms with van der Waals surface area (Å²) in [4.78, 5) is 0.0813. The van der Waals surface area contributed by atoms with Gasteiger partial charge in [0, 0.05) is 5.02 Å². The molecule has 0 heterocycles. The Morgan fingerprint density at radius 1 is 1.10 bits per heavy atom. The third kappa shape index (κ3) is 3.80. The molecule has 0 unspecified atom stereocenters. The maximum atomic E-state index is 12.1. The van der Waals surface area contributed by atoms with Gasteiger partial charge in [-0.15, -0.1) is 5.11 Å². The van der Waals surface area contributed by atoms with Gasteiger partial charge in [-0.1, -0.05) is 33.8 Å². The summed E-state index contributed by atoms with van der Waals surface area (Å²) in [5.41, 5.74) is 1.21. The second-order valence-corrected chi connectivity index (χ2v) is 6.31. The second-order valence-electron chi connectivity index (χ2n) is 4.29. The Morgan fingerprint density at radius 3 is 2.38 bits per heavy atom. The Bertz CT molecular complexity index is 771. The van der Waals surface area contributed by atoms with E-state index in [-0.39, 0.29) is 10.6 Å². The van der Waals surface area contributed by atoms with Gasteiger partial charge in [0.05, 0.1) is 12.0 Å². The van der Waals surface area contributed by atoms with Gasteiger partial charge in [0.2, 0.25) is 0 Å². The summed E-state index contributed by atoms with van der Waals surface area (Å²) in [5, 5.41) is 4.15. The molecule has 0 aromatic heterocycles. The van der Waals surface area contributed by atoms with Gasteiger partial charge < -0.3 is 4.74 Å². The first-order chi connectivity index (χ1) is 9.92. The summed E-state index contributed by atoms with van der Waals surface area (Å²) >= 11 is 5.85. The van der Waals surface area contributed by atoms with Crippen LogP contribution < -0.4 is 4.74 Å². The highest BCUT2D eigenvalue weighted by Crippen LogP contribution is 2.31. The fourth-order valence-electron chi connectivity index (χ4n) is 1.60. The van der Waals surface area contributed by atoms with E-state index in [0.29, 0.717) is 10.8 Å². The third-order valence-electron chi connectivity index (χ3n) is 2.72. The minimum atomic E-state index is -3.85. The number of halogens is 1. The van der Waals surface area contributed by atoms with E-state index in [1.165, 1.54) is 25.3 Å². The Morgan fingerprint density at radius 2 is 1.76 bits per heavy atom. The highest BCUT2D eigenvalue weighted by atomic mass is 35.5. The summed E-state index contributed by atoms with van der Waals surface area (Å²) in [7, 11) is -2.40. The molecule has 0 bridgehead atoms. The van der Waals surface area contributed by atoms with Crippen molar-refractivity contribution in [1.29, 1.82) is 0 Å². The van der Waals surface area contributed by atoms with E-state index in [2.05, 4.69) is 9.63 Å². The molecule has 0 N–H and O–H groups in total. The number of aryl methyl sites for hydroxylation is 1. The Labute approximate surface area is 128 Å². The summed E-state index contributed by atoms with van der Waals surface area (Å²) in [6.07, 6.45) is 0. The molecule has 0 atom stereocenters. The lowest BCUT2D eigenvalue weighted by atomic mass is 10.2. The van der Waals surface area contributed by atoms with Gasteiger partial charge in [0.1, 0.15) is 11.4 Å². The largest absolute Gasteiger partial charge is 0.494 e. The molecule has 0 saturated heterocycles. The molecule has 0 aliphatic rings. The van der Waals surface area contributed by atoms with Gasteiger partial charge in [-0.2, -0.15) is 8.42 Å².